The molecule has 0 aliphatic heterocycles. The molecule has 10 heteroatoms. The van der Waals surface area contributed by atoms with Crippen molar-refractivity contribution in [2.75, 3.05) is 18.5 Å². The van der Waals surface area contributed by atoms with Crippen molar-refractivity contribution in [3.63, 3.8) is 0 Å². The first-order chi connectivity index (χ1) is 15.4. The number of rotatable bonds is 9. The van der Waals surface area contributed by atoms with E-state index < -0.39 is 16.8 Å². The van der Waals surface area contributed by atoms with E-state index in [0.717, 1.165) is 12.0 Å². The summed E-state index contributed by atoms with van der Waals surface area (Å²) in [7, 11) is 0. The molecule has 3 aromatic rings. The maximum Gasteiger partial charge on any atom is 0.362 e. The van der Waals surface area contributed by atoms with Gasteiger partial charge < -0.3 is 14.8 Å². The number of nitro benzene ring substituents is 1. The van der Waals surface area contributed by atoms with Crippen LogP contribution in [0.5, 0.6) is 5.75 Å². The Kier molecular flexibility index (Phi) is 7.17. The number of amides is 1. The van der Waals surface area contributed by atoms with Crippen molar-refractivity contribution in [2.45, 2.75) is 20.3 Å². The smallest absolute Gasteiger partial charge is 0.362 e. The van der Waals surface area contributed by atoms with Crippen molar-refractivity contribution >= 4 is 23.3 Å². The molecule has 32 heavy (non-hydrogen) atoms. The Morgan fingerprint density at radius 1 is 1.12 bits per heavy atom. The monoisotopic (exact) mass is 438 g/mol. The third kappa shape index (κ3) is 5.28. The third-order valence-corrected chi connectivity index (χ3v) is 4.51. The van der Waals surface area contributed by atoms with Gasteiger partial charge in [0, 0.05) is 17.8 Å². The standard InChI is InChI=1S/C22H22N4O6/c1-3-15-7-5-6-8-18(15)23-20(27)14-32-19-13-25(24-21(19)22(28)31-4-2)16-9-11-17(12-10-16)26(29)30/h5-13H,3-4,14H2,1-2H3,(H,23,27). The van der Waals surface area contributed by atoms with E-state index in [4.69, 9.17) is 9.47 Å². The van der Waals surface area contributed by atoms with Crippen LogP contribution < -0.4 is 10.1 Å². The minimum absolute atomic E-state index is 0.0562. The van der Waals surface area contributed by atoms with Gasteiger partial charge in [-0.15, -0.1) is 0 Å². The fourth-order valence-electron chi connectivity index (χ4n) is 2.94. The molecule has 1 amide bonds. The van der Waals surface area contributed by atoms with Crippen molar-refractivity contribution in [3.05, 3.63) is 76.1 Å². The highest BCUT2D eigenvalue weighted by Gasteiger charge is 2.21. The third-order valence-electron chi connectivity index (χ3n) is 4.51. The molecule has 0 spiro atoms. The van der Waals surface area contributed by atoms with Crippen LogP contribution in [-0.2, 0) is 16.0 Å². The number of nitrogens with zero attached hydrogens (tertiary/aromatic N) is 3. The van der Waals surface area contributed by atoms with E-state index in [1.54, 1.807) is 13.0 Å². The summed E-state index contributed by atoms with van der Waals surface area (Å²) in [5.74, 6) is -1.05. The van der Waals surface area contributed by atoms with E-state index in [0.29, 0.717) is 11.4 Å². The van der Waals surface area contributed by atoms with Crippen LogP contribution in [0.25, 0.3) is 5.69 Å². The van der Waals surface area contributed by atoms with Gasteiger partial charge in [0.2, 0.25) is 5.69 Å². The number of ether oxygens (including phenoxy) is 2. The lowest BCUT2D eigenvalue weighted by atomic mass is 10.1. The molecule has 1 heterocycles. The summed E-state index contributed by atoms with van der Waals surface area (Å²) in [5.41, 5.74) is 1.96. The SMILES string of the molecule is CCOC(=O)c1nn(-c2ccc([N+](=O)[O-])cc2)cc1OCC(=O)Nc1ccccc1CC. The Hall–Kier alpha value is -4.21. The quantitative estimate of drug-likeness (QED) is 0.308. The molecule has 1 aromatic heterocycles. The number of hydrogen-bond acceptors (Lipinski definition) is 7. The zero-order chi connectivity index (χ0) is 23.1. The summed E-state index contributed by atoms with van der Waals surface area (Å²) in [5, 5.41) is 17.8. The number of non-ortho nitro benzene ring substituents is 1. The van der Waals surface area contributed by atoms with E-state index >= 15 is 0 Å². The van der Waals surface area contributed by atoms with Crippen molar-refractivity contribution in [1.29, 1.82) is 0 Å². The normalized spacial score (nSPS) is 10.4. The van der Waals surface area contributed by atoms with Gasteiger partial charge >= 0.3 is 5.97 Å². The first-order valence-electron chi connectivity index (χ1n) is 9.95. The summed E-state index contributed by atoms with van der Waals surface area (Å²) < 4.78 is 11.9. The molecule has 10 nitrogen and oxygen atoms in total. The first kappa shape index (κ1) is 22.5. The highest BCUT2D eigenvalue weighted by atomic mass is 16.6. The number of para-hydroxylation sites is 1. The van der Waals surface area contributed by atoms with Crippen LogP contribution in [0, 0.1) is 10.1 Å². The number of carbonyl (C=O) groups is 2. The van der Waals surface area contributed by atoms with E-state index in [-0.39, 0.29) is 30.3 Å². The molecule has 0 atom stereocenters. The number of hydrogen-bond donors (Lipinski definition) is 1. The number of nitrogens with one attached hydrogen (secondary N) is 1. The van der Waals surface area contributed by atoms with Crippen molar-refractivity contribution in [2.24, 2.45) is 0 Å². The van der Waals surface area contributed by atoms with E-state index in [9.17, 15) is 19.7 Å². The largest absolute Gasteiger partial charge is 0.480 e. The van der Waals surface area contributed by atoms with E-state index in [1.807, 2.05) is 25.1 Å². The second kappa shape index (κ2) is 10.2. The van der Waals surface area contributed by atoms with Crippen LogP contribution in [0.15, 0.2) is 54.7 Å². The van der Waals surface area contributed by atoms with Gasteiger partial charge in [-0.3, -0.25) is 14.9 Å². The lowest BCUT2D eigenvalue weighted by Crippen LogP contribution is -2.21. The maximum atomic E-state index is 12.4. The average Bonchev–Trinajstić information content (AvgIpc) is 3.23. The molecule has 0 saturated heterocycles. The molecule has 0 bridgehead atoms. The summed E-state index contributed by atoms with van der Waals surface area (Å²) in [4.78, 5) is 35.0. The van der Waals surface area contributed by atoms with Gasteiger partial charge in [-0.2, -0.15) is 5.10 Å². The fourth-order valence-corrected chi connectivity index (χ4v) is 2.94. The van der Waals surface area contributed by atoms with Gasteiger partial charge in [0.1, 0.15) is 0 Å². The second-order valence-electron chi connectivity index (χ2n) is 6.63. The summed E-state index contributed by atoms with van der Waals surface area (Å²) in [6.45, 7) is 3.43. The minimum atomic E-state index is -0.708. The van der Waals surface area contributed by atoms with Gasteiger partial charge in [0.05, 0.1) is 23.4 Å². The van der Waals surface area contributed by atoms with Crippen LogP contribution >= 0.6 is 0 Å². The fraction of sp³-hybridized carbons (Fsp3) is 0.227. The molecule has 1 N–H and O–H groups in total. The highest BCUT2D eigenvalue weighted by Crippen LogP contribution is 2.23. The van der Waals surface area contributed by atoms with Gasteiger partial charge in [0.15, 0.2) is 12.4 Å². The topological polar surface area (TPSA) is 126 Å². The first-order valence-corrected chi connectivity index (χ1v) is 9.95. The number of nitro groups is 1. The van der Waals surface area contributed by atoms with Crippen LogP contribution in [0.4, 0.5) is 11.4 Å². The summed E-state index contributed by atoms with van der Waals surface area (Å²) in [6, 6.07) is 13.0. The van der Waals surface area contributed by atoms with Crippen molar-refractivity contribution in [1.82, 2.24) is 9.78 Å². The molecular weight excluding hydrogens is 416 g/mol. The number of benzene rings is 2. The summed E-state index contributed by atoms with van der Waals surface area (Å²) >= 11 is 0. The number of aryl methyl sites for hydroxylation is 1. The number of carbonyl (C=O) groups excluding carboxylic acids is 2. The lowest BCUT2D eigenvalue weighted by molar-refractivity contribution is -0.384. The van der Waals surface area contributed by atoms with Gasteiger partial charge in [-0.1, -0.05) is 25.1 Å². The molecule has 0 unspecified atom stereocenters. The Bertz CT molecular complexity index is 1120. The van der Waals surface area contributed by atoms with Crippen molar-refractivity contribution in [3.8, 4) is 11.4 Å². The Balaban J connectivity index is 1.79. The van der Waals surface area contributed by atoms with Gasteiger partial charge in [-0.25, -0.2) is 9.48 Å². The molecule has 2 aromatic carbocycles. The molecule has 0 radical (unpaired) electrons. The molecule has 0 aliphatic carbocycles. The van der Waals surface area contributed by atoms with Crippen LogP contribution in [0.1, 0.15) is 29.9 Å². The van der Waals surface area contributed by atoms with Crippen molar-refractivity contribution < 1.29 is 24.0 Å². The Morgan fingerprint density at radius 3 is 2.50 bits per heavy atom. The molecule has 0 aliphatic rings. The van der Waals surface area contributed by atoms with Crippen LogP contribution in [-0.4, -0.2) is 39.8 Å². The zero-order valence-corrected chi connectivity index (χ0v) is 17.6. The number of aromatic nitrogens is 2. The molecule has 166 valence electrons. The Morgan fingerprint density at radius 2 is 1.84 bits per heavy atom. The predicted molar refractivity (Wildman–Crippen MR) is 116 cm³/mol. The molecule has 0 saturated carbocycles. The second-order valence-corrected chi connectivity index (χ2v) is 6.63. The summed E-state index contributed by atoms with van der Waals surface area (Å²) in [6.07, 6.45) is 2.17. The molecule has 0 fully saturated rings. The lowest BCUT2D eigenvalue weighted by Gasteiger charge is -2.10. The van der Waals surface area contributed by atoms with E-state index in [2.05, 4.69) is 10.4 Å². The van der Waals surface area contributed by atoms with E-state index in [1.165, 1.54) is 35.1 Å². The number of esters is 1. The molecular formula is C22H22N4O6. The molecule has 3 rings (SSSR count). The van der Waals surface area contributed by atoms with Crippen LogP contribution in [0.2, 0.25) is 0 Å². The zero-order valence-electron chi connectivity index (χ0n) is 17.6. The number of anilines is 1. The minimum Gasteiger partial charge on any atom is -0.480 e. The van der Waals surface area contributed by atoms with Gasteiger partial charge in [0.25, 0.3) is 11.6 Å². The highest BCUT2D eigenvalue weighted by molar-refractivity contribution is 5.93. The Labute approximate surface area is 183 Å². The average molecular weight is 438 g/mol. The van der Waals surface area contributed by atoms with Gasteiger partial charge in [-0.05, 0) is 37.1 Å². The maximum absolute atomic E-state index is 12.4. The predicted octanol–water partition coefficient (Wildman–Crippen LogP) is 3.54. The van der Waals surface area contributed by atoms with Crippen LogP contribution in [0.3, 0.4) is 0 Å².